The Bertz CT molecular complexity index is 218. The molecule has 0 aliphatic carbocycles. The van der Waals surface area contributed by atoms with Crippen molar-refractivity contribution < 1.29 is 9.53 Å². The molecule has 0 aromatic rings. The first-order chi connectivity index (χ1) is 6.27. The number of primary amides is 1. The topological polar surface area (TPSA) is 55.6 Å². The molecule has 0 aromatic heterocycles. The molecule has 1 amide bonds. The van der Waals surface area contributed by atoms with Gasteiger partial charge in [0.1, 0.15) is 6.61 Å². The van der Waals surface area contributed by atoms with Gasteiger partial charge in [0, 0.05) is 19.1 Å². The van der Waals surface area contributed by atoms with Crippen LogP contribution >= 0.6 is 36.4 Å². The van der Waals surface area contributed by atoms with Gasteiger partial charge in [0.05, 0.1) is 0 Å². The molecule has 0 spiro atoms. The van der Waals surface area contributed by atoms with Gasteiger partial charge < -0.3 is 15.4 Å². The molecule has 7 heteroatoms. The molecule has 0 atom stereocenters. The Kier molecular flexibility index (Phi) is 10.4. The minimum atomic E-state index is -0.639. The van der Waals surface area contributed by atoms with Crippen LogP contribution in [-0.4, -0.2) is 36.0 Å². The maximum absolute atomic E-state index is 9.09. The van der Waals surface area contributed by atoms with Crippen molar-refractivity contribution in [3.63, 3.8) is 0 Å². The standard InChI is InChI=1S/C6H10ClNOS.CH3NOS/c1-5(7)4-9-6(10)8(2)3;2-1(3)4/h1,4H2,2-3H3;(H3,2,3,4). The Hall–Kier alpha value is -0.460. The zero-order valence-electron chi connectivity index (χ0n) is 7.99. The number of nitrogens with zero attached hydrogens (tertiary/aromatic N) is 1. The van der Waals surface area contributed by atoms with Gasteiger partial charge >= 0.3 is 0 Å². The highest BCUT2D eigenvalue weighted by Crippen LogP contribution is 1.98. The van der Waals surface area contributed by atoms with Crippen molar-refractivity contribution in [3.8, 4) is 0 Å². The quantitative estimate of drug-likeness (QED) is 0.582. The zero-order chi connectivity index (χ0) is 11.7. The van der Waals surface area contributed by atoms with Crippen LogP contribution in [-0.2, 0) is 4.74 Å². The second-order valence-electron chi connectivity index (χ2n) is 2.30. The van der Waals surface area contributed by atoms with Gasteiger partial charge in [0.15, 0.2) is 0 Å². The summed E-state index contributed by atoms with van der Waals surface area (Å²) in [5, 5.41) is 0.228. The number of amides is 1. The summed E-state index contributed by atoms with van der Waals surface area (Å²) in [6.07, 6.45) is 0. The first kappa shape index (κ1) is 16.0. The van der Waals surface area contributed by atoms with E-state index >= 15 is 0 Å². The third-order valence-corrected chi connectivity index (χ3v) is 1.31. The SMILES string of the molecule is C=C(Cl)COC(=S)N(C)C.NC(=O)S. The molecule has 0 heterocycles. The number of carbonyl (C=O) groups is 1. The van der Waals surface area contributed by atoms with Crippen LogP contribution in [0.4, 0.5) is 4.79 Å². The second kappa shape index (κ2) is 9.11. The smallest absolute Gasteiger partial charge is 0.273 e. The molecule has 0 unspecified atom stereocenters. The minimum Gasteiger partial charge on any atom is -0.465 e. The van der Waals surface area contributed by atoms with E-state index in [9.17, 15) is 0 Å². The molecule has 14 heavy (non-hydrogen) atoms. The normalized spacial score (nSPS) is 8.00. The second-order valence-corrected chi connectivity index (χ2v) is 3.63. The minimum absolute atomic E-state index is 0.276. The molecule has 0 bridgehead atoms. The summed E-state index contributed by atoms with van der Waals surface area (Å²) in [5.41, 5.74) is 4.34. The van der Waals surface area contributed by atoms with E-state index in [1.807, 2.05) is 0 Å². The fourth-order valence-corrected chi connectivity index (χ4v) is 0.383. The zero-order valence-corrected chi connectivity index (χ0v) is 10.5. The Morgan fingerprint density at radius 2 is 2.07 bits per heavy atom. The van der Waals surface area contributed by atoms with Gasteiger partial charge in [-0.3, -0.25) is 4.79 Å². The molecule has 0 aliphatic rings. The fraction of sp³-hybridized carbons (Fsp3) is 0.429. The number of hydrogen-bond acceptors (Lipinski definition) is 3. The summed E-state index contributed by atoms with van der Waals surface area (Å²) in [7, 11) is 3.61. The van der Waals surface area contributed by atoms with Gasteiger partial charge in [-0.25, -0.2) is 0 Å². The molecule has 82 valence electrons. The van der Waals surface area contributed by atoms with E-state index in [-0.39, 0.29) is 6.61 Å². The number of carbonyl (C=O) groups excluding carboxylic acids is 1. The average Bonchev–Trinajstić information content (AvgIpc) is 1.98. The summed E-state index contributed by atoms with van der Waals surface area (Å²) in [4.78, 5) is 10.8. The number of hydrogen-bond donors (Lipinski definition) is 2. The number of halogens is 1. The first-order valence-electron chi connectivity index (χ1n) is 3.43. The molecule has 0 rings (SSSR count). The third kappa shape index (κ3) is 17.6. The van der Waals surface area contributed by atoms with Crippen molar-refractivity contribution in [3.05, 3.63) is 11.6 Å². The molecule has 0 saturated heterocycles. The Morgan fingerprint density at radius 1 is 1.71 bits per heavy atom. The molecule has 0 radical (unpaired) electrons. The summed E-state index contributed by atoms with van der Waals surface area (Å²) in [6.45, 7) is 3.73. The number of thiol groups is 1. The lowest BCUT2D eigenvalue weighted by Crippen LogP contribution is -2.22. The first-order valence-corrected chi connectivity index (χ1v) is 4.66. The van der Waals surface area contributed by atoms with Crippen LogP contribution in [0.5, 0.6) is 0 Å². The van der Waals surface area contributed by atoms with Crippen molar-refractivity contribution in [2.45, 2.75) is 0 Å². The van der Waals surface area contributed by atoms with Crippen molar-refractivity contribution >= 4 is 46.9 Å². The molecule has 0 aliphatic heterocycles. The van der Waals surface area contributed by atoms with E-state index < -0.39 is 5.24 Å². The molecule has 2 N–H and O–H groups in total. The van der Waals surface area contributed by atoms with Crippen molar-refractivity contribution in [1.29, 1.82) is 0 Å². The van der Waals surface area contributed by atoms with Crippen LogP contribution in [0.2, 0.25) is 0 Å². The number of nitrogens with two attached hydrogens (primary N) is 1. The van der Waals surface area contributed by atoms with Crippen LogP contribution in [0.15, 0.2) is 11.6 Å². The number of ether oxygens (including phenoxy) is 1. The maximum atomic E-state index is 9.09. The summed E-state index contributed by atoms with van der Waals surface area (Å²) >= 11 is 13.3. The lowest BCUT2D eigenvalue weighted by Gasteiger charge is -2.13. The van der Waals surface area contributed by atoms with Gasteiger partial charge in [-0.05, 0) is 12.2 Å². The van der Waals surface area contributed by atoms with Crippen LogP contribution in [0.1, 0.15) is 0 Å². The van der Waals surface area contributed by atoms with Crippen LogP contribution < -0.4 is 5.73 Å². The van der Waals surface area contributed by atoms with Crippen LogP contribution in [0.25, 0.3) is 0 Å². The van der Waals surface area contributed by atoms with Crippen molar-refractivity contribution in [2.75, 3.05) is 20.7 Å². The molecule has 0 fully saturated rings. The van der Waals surface area contributed by atoms with Gasteiger partial charge in [0.25, 0.3) is 10.4 Å². The van der Waals surface area contributed by atoms with E-state index in [2.05, 4.69) is 24.9 Å². The Labute approximate surface area is 99.4 Å². The van der Waals surface area contributed by atoms with Crippen LogP contribution in [0, 0.1) is 0 Å². The Morgan fingerprint density at radius 3 is 2.29 bits per heavy atom. The predicted octanol–water partition coefficient (Wildman–Crippen LogP) is 1.60. The third-order valence-electron chi connectivity index (χ3n) is 0.717. The highest BCUT2D eigenvalue weighted by molar-refractivity contribution is 7.96. The molecule has 4 nitrogen and oxygen atoms in total. The lowest BCUT2D eigenvalue weighted by atomic mass is 10.7. The number of thiocarbonyl (C=S) groups is 1. The fourth-order valence-electron chi connectivity index (χ4n) is 0.269. The average molecular weight is 257 g/mol. The number of rotatable bonds is 2. The molecule has 0 saturated carbocycles. The lowest BCUT2D eigenvalue weighted by molar-refractivity contribution is 0.267. The Balaban J connectivity index is 0. The van der Waals surface area contributed by atoms with Gasteiger partial charge in [0.2, 0.25) is 0 Å². The monoisotopic (exact) mass is 256 g/mol. The van der Waals surface area contributed by atoms with Gasteiger partial charge in [-0.15, -0.1) is 0 Å². The van der Waals surface area contributed by atoms with E-state index in [1.54, 1.807) is 19.0 Å². The predicted molar refractivity (Wildman–Crippen MR) is 65.8 cm³/mol. The summed E-state index contributed by atoms with van der Waals surface area (Å²) < 4.78 is 4.99. The van der Waals surface area contributed by atoms with Crippen LogP contribution in [0.3, 0.4) is 0 Å². The van der Waals surface area contributed by atoms with E-state index in [1.165, 1.54) is 0 Å². The maximum Gasteiger partial charge on any atom is 0.273 e. The highest BCUT2D eigenvalue weighted by Gasteiger charge is 1.98. The molecular formula is C7H13ClN2O2S2. The van der Waals surface area contributed by atoms with Gasteiger partial charge in [-0.1, -0.05) is 30.8 Å². The van der Waals surface area contributed by atoms with Crippen molar-refractivity contribution in [1.82, 2.24) is 4.90 Å². The van der Waals surface area contributed by atoms with Crippen molar-refractivity contribution in [2.24, 2.45) is 5.73 Å². The van der Waals surface area contributed by atoms with E-state index in [4.69, 9.17) is 33.4 Å². The largest absolute Gasteiger partial charge is 0.465 e. The highest BCUT2D eigenvalue weighted by atomic mass is 35.5. The molecule has 0 aromatic carbocycles. The molecular weight excluding hydrogens is 244 g/mol. The summed E-state index contributed by atoms with van der Waals surface area (Å²) in [6, 6.07) is 0. The van der Waals surface area contributed by atoms with E-state index in [0.717, 1.165) is 0 Å². The van der Waals surface area contributed by atoms with Gasteiger partial charge in [-0.2, -0.15) is 0 Å². The van der Waals surface area contributed by atoms with E-state index in [0.29, 0.717) is 10.2 Å². The summed E-state index contributed by atoms with van der Waals surface area (Å²) in [5.74, 6) is 0.